The Morgan fingerprint density at radius 3 is 3.05 bits per heavy atom. The second-order valence-electron chi connectivity index (χ2n) is 5.70. The van der Waals surface area contributed by atoms with Crippen molar-refractivity contribution in [3.63, 3.8) is 0 Å². The Hall–Kier alpha value is -1.69. The highest BCUT2D eigenvalue weighted by molar-refractivity contribution is 7.19. The Bertz CT molecular complexity index is 698. The molecule has 0 saturated heterocycles. The minimum Gasteiger partial charge on any atom is -0.466 e. The van der Waals surface area contributed by atoms with E-state index in [-0.39, 0.29) is 12.0 Å². The maximum absolute atomic E-state index is 11.7. The second-order valence-corrected chi connectivity index (χ2v) is 6.79. The zero-order valence-corrected chi connectivity index (χ0v) is 14.1. The molecule has 1 aliphatic rings. The van der Waals surface area contributed by atoms with Gasteiger partial charge in [0.1, 0.15) is 17.0 Å². The van der Waals surface area contributed by atoms with Gasteiger partial charge in [-0.3, -0.25) is 4.79 Å². The molecule has 0 radical (unpaired) electrons. The molecule has 5 nitrogen and oxygen atoms in total. The molecule has 0 amide bonds. The fourth-order valence-electron chi connectivity index (χ4n) is 2.99. The SMILES string of the molecule is CCOC(=O)CC(C)N(C)c1ncnc2sc3c(c12)CCC3. The van der Waals surface area contributed by atoms with Crippen molar-refractivity contribution in [3.05, 3.63) is 16.8 Å². The van der Waals surface area contributed by atoms with Crippen molar-refractivity contribution in [2.75, 3.05) is 18.6 Å². The van der Waals surface area contributed by atoms with Crippen LogP contribution in [0.25, 0.3) is 10.2 Å². The summed E-state index contributed by atoms with van der Waals surface area (Å²) in [6.45, 7) is 4.28. The Morgan fingerprint density at radius 2 is 2.27 bits per heavy atom. The average Bonchev–Trinajstić information content (AvgIpc) is 3.06. The largest absolute Gasteiger partial charge is 0.466 e. The van der Waals surface area contributed by atoms with Crippen LogP contribution in [-0.2, 0) is 22.4 Å². The molecule has 0 aromatic carbocycles. The van der Waals surface area contributed by atoms with Gasteiger partial charge in [-0.2, -0.15) is 0 Å². The van der Waals surface area contributed by atoms with Crippen LogP contribution < -0.4 is 4.90 Å². The number of thiophene rings is 1. The summed E-state index contributed by atoms with van der Waals surface area (Å²) < 4.78 is 5.05. The molecule has 6 heteroatoms. The Morgan fingerprint density at radius 1 is 1.45 bits per heavy atom. The molecule has 2 heterocycles. The van der Waals surface area contributed by atoms with Crippen molar-refractivity contribution in [3.8, 4) is 0 Å². The standard InChI is InChI=1S/C16H21N3O2S/c1-4-21-13(20)8-10(2)19(3)15-14-11-6-5-7-12(11)22-16(14)18-9-17-15/h9-10H,4-8H2,1-3H3. The third-order valence-corrected chi connectivity index (χ3v) is 5.44. The van der Waals surface area contributed by atoms with E-state index < -0.39 is 0 Å². The lowest BCUT2D eigenvalue weighted by atomic mass is 10.1. The first kappa shape index (κ1) is 15.2. The molecule has 0 N–H and O–H groups in total. The van der Waals surface area contributed by atoms with Gasteiger partial charge in [0.2, 0.25) is 0 Å². The smallest absolute Gasteiger partial charge is 0.307 e. The summed E-state index contributed by atoms with van der Waals surface area (Å²) in [5, 5.41) is 1.18. The molecule has 3 rings (SSSR count). The molecule has 2 aromatic rings. The third kappa shape index (κ3) is 2.67. The van der Waals surface area contributed by atoms with Gasteiger partial charge in [0.25, 0.3) is 0 Å². The van der Waals surface area contributed by atoms with Crippen molar-refractivity contribution >= 4 is 33.3 Å². The first-order valence-electron chi connectivity index (χ1n) is 7.75. The molecule has 118 valence electrons. The van der Waals surface area contributed by atoms with Gasteiger partial charge in [0.05, 0.1) is 18.4 Å². The number of hydrogen-bond acceptors (Lipinski definition) is 6. The lowest BCUT2D eigenvalue weighted by molar-refractivity contribution is -0.143. The van der Waals surface area contributed by atoms with Crippen LogP contribution in [0.4, 0.5) is 5.82 Å². The lowest BCUT2D eigenvalue weighted by Gasteiger charge is -2.26. The van der Waals surface area contributed by atoms with E-state index in [4.69, 9.17) is 4.74 Å². The van der Waals surface area contributed by atoms with Crippen molar-refractivity contribution < 1.29 is 9.53 Å². The van der Waals surface area contributed by atoms with E-state index in [1.54, 1.807) is 17.7 Å². The van der Waals surface area contributed by atoms with E-state index in [1.165, 1.54) is 22.2 Å². The van der Waals surface area contributed by atoms with Gasteiger partial charge in [-0.1, -0.05) is 0 Å². The molecule has 0 fully saturated rings. The molecular formula is C16H21N3O2S. The molecule has 2 aromatic heterocycles. The summed E-state index contributed by atoms with van der Waals surface area (Å²) in [7, 11) is 1.99. The monoisotopic (exact) mass is 319 g/mol. The summed E-state index contributed by atoms with van der Waals surface area (Å²) in [4.78, 5) is 25.2. The predicted molar refractivity (Wildman–Crippen MR) is 88.6 cm³/mol. The van der Waals surface area contributed by atoms with E-state index in [1.807, 2.05) is 20.9 Å². The number of anilines is 1. The number of esters is 1. The van der Waals surface area contributed by atoms with Crippen LogP contribution in [0, 0.1) is 0 Å². The third-order valence-electron chi connectivity index (χ3n) is 4.24. The van der Waals surface area contributed by atoms with Crippen LogP contribution in [0.2, 0.25) is 0 Å². The van der Waals surface area contributed by atoms with Crippen LogP contribution in [0.3, 0.4) is 0 Å². The minimum atomic E-state index is -0.164. The summed E-state index contributed by atoms with van der Waals surface area (Å²) >= 11 is 1.78. The number of nitrogens with zero attached hydrogens (tertiary/aromatic N) is 3. The van der Waals surface area contributed by atoms with Crippen LogP contribution in [0.5, 0.6) is 0 Å². The summed E-state index contributed by atoms with van der Waals surface area (Å²) in [6, 6.07) is 0.0362. The number of ether oxygens (including phenoxy) is 1. The van der Waals surface area contributed by atoms with Crippen LogP contribution >= 0.6 is 11.3 Å². The van der Waals surface area contributed by atoms with Gasteiger partial charge in [-0.15, -0.1) is 11.3 Å². The molecule has 0 saturated carbocycles. The van der Waals surface area contributed by atoms with Gasteiger partial charge in [0, 0.05) is 18.0 Å². The molecule has 0 spiro atoms. The highest BCUT2D eigenvalue weighted by Crippen LogP contribution is 2.40. The normalized spacial score (nSPS) is 14.9. The summed E-state index contributed by atoms with van der Waals surface area (Å²) in [6.07, 6.45) is 5.46. The van der Waals surface area contributed by atoms with E-state index in [9.17, 15) is 4.79 Å². The first-order valence-corrected chi connectivity index (χ1v) is 8.57. The Labute approximate surface area is 134 Å². The van der Waals surface area contributed by atoms with Crippen molar-refractivity contribution in [2.45, 2.75) is 45.6 Å². The summed E-state index contributed by atoms with van der Waals surface area (Å²) in [5.41, 5.74) is 1.41. The number of rotatable bonds is 5. The number of carbonyl (C=O) groups is 1. The quantitative estimate of drug-likeness (QED) is 0.793. The van der Waals surface area contributed by atoms with E-state index in [2.05, 4.69) is 14.9 Å². The zero-order chi connectivity index (χ0) is 15.7. The molecule has 1 atom stereocenters. The van der Waals surface area contributed by atoms with E-state index in [0.717, 1.165) is 23.5 Å². The fraction of sp³-hybridized carbons (Fsp3) is 0.562. The van der Waals surface area contributed by atoms with Gasteiger partial charge >= 0.3 is 5.97 Å². The van der Waals surface area contributed by atoms with Crippen molar-refractivity contribution in [2.24, 2.45) is 0 Å². The highest BCUT2D eigenvalue weighted by atomic mass is 32.1. The maximum atomic E-state index is 11.7. The van der Waals surface area contributed by atoms with Crippen molar-refractivity contribution in [1.29, 1.82) is 0 Å². The predicted octanol–water partition coefficient (Wildman–Crippen LogP) is 2.96. The fourth-order valence-corrected chi connectivity index (χ4v) is 4.21. The molecule has 22 heavy (non-hydrogen) atoms. The maximum Gasteiger partial charge on any atom is 0.307 e. The average molecular weight is 319 g/mol. The van der Waals surface area contributed by atoms with E-state index >= 15 is 0 Å². The second kappa shape index (κ2) is 6.20. The van der Waals surface area contributed by atoms with Gasteiger partial charge in [-0.25, -0.2) is 9.97 Å². The number of fused-ring (bicyclic) bond motifs is 3. The number of aromatic nitrogens is 2. The molecule has 1 aliphatic carbocycles. The van der Waals surface area contributed by atoms with Crippen LogP contribution in [0.1, 0.15) is 37.1 Å². The van der Waals surface area contributed by atoms with Crippen molar-refractivity contribution in [1.82, 2.24) is 9.97 Å². The molecule has 0 aliphatic heterocycles. The minimum absolute atomic E-state index is 0.0362. The lowest BCUT2D eigenvalue weighted by Crippen LogP contribution is -2.32. The number of hydrogen-bond donors (Lipinski definition) is 0. The number of carbonyl (C=O) groups excluding carboxylic acids is 1. The molecule has 1 unspecified atom stereocenters. The number of aryl methyl sites for hydroxylation is 2. The van der Waals surface area contributed by atoms with E-state index in [0.29, 0.717) is 13.0 Å². The zero-order valence-electron chi connectivity index (χ0n) is 13.3. The first-order chi connectivity index (χ1) is 10.6. The summed E-state index contributed by atoms with van der Waals surface area (Å²) in [5.74, 6) is 0.767. The van der Waals surface area contributed by atoms with Gasteiger partial charge in [0.15, 0.2) is 0 Å². The topological polar surface area (TPSA) is 55.3 Å². The molecule has 0 bridgehead atoms. The van der Waals surface area contributed by atoms with Gasteiger partial charge in [-0.05, 0) is 38.7 Å². The van der Waals surface area contributed by atoms with Gasteiger partial charge < -0.3 is 9.64 Å². The molecular weight excluding hydrogens is 298 g/mol. The highest BCUT2D eigenvalue weighted by Gasteiger charge is 2.24. The Kier molecular flexibility index (Phi) is 4.29. The van der Waals surface area contributed by atoms with Crippen LogP contribution in [0.15, 0.2) is 6.33 Å². The van der Waals surface area contributed by atoms with Crippen LogP contribution in [-0.4, -0.2) is 35.6 Å². The Balaban J connectivity index is 1.90.